The van der Waals surface area contributed by atoms with Gasteiger partial charge in [-0.25, -0.2) is 4.98 Å². The Morgan fingerprint density at radius 2 is 1.79 bits per heavy atom. The number of nitrogens with one attached hydrogen (secondary N) is 1. The quantitative estimate of drug-likeness (QED) is 0.699. The van der Waals surface area contributed by atoms with Crippen molar-refractivity contribution in [2.24, 2.45) is 0 Å². The molecule has 3 aromatic heterocycles. The zero-order valence-electron chi connectivity index (χ0n) is 15.2. The van der Waals surface area contributed by atoms with Crippen LogP contribution >= 0.6 is 22.7 Å². The van der Waals surface area contributed by atoms with Gasteiger partial charge in [0.1, 0.15) is 5.82 Å². The third-order valence-corrected chi connectivity index (χ3v) is 6.37. The summed E-state index contributed by atoms with van der Waals surface area (Å²) >= 11 is 3.08. The van der Waals surface area contributed by atoms with Crippen LogP contribution < -0.4 is 10.2 Å². The van der Waals surface area contributed by atoms with Gasteiger partial charge in [-0.05, 0) is 35.0 Å². The molecule has 1 fully saturated rings. The smallest absolute Gasteiger partial charge is 0.264 e. The Balaban J connectivity index is 1.41. The molecule has 4 heterocycles. The third kappa shape index (κ3) is 4.07. The molecule has 0 radical (unpaired) electrons. The van der Waals surface area contributed by atoms with Crippen molar-refractivity contribution in [1.29, 1.82) is 0 Å². The van der Waals surface area contributed by atoms with Gasteiger partial charge in [0.25, 0.3) is 11.8 Å². The average molecular weight is 413 g/mol. The Kier molecular flexibility index (Phi) is 5.68. The number of nitrogens with zero attached hydrogens (tertiary/aromatic N) is 3. The minimum Gasteiger partial charge on any atom is -0.352 e. The van der Waals surface area contributed by atoms with Gasteiger partial charge in [0.2, 0.25) is 0 Å². The van der Waals surface area contributed by atoms with E-state index < -0.39 is 0 Å². The summed E-state index contributed by atoms with van der Waals surface area (Å²) < 4.78 is 0. The standard InChI is InChI=1S/C20H20N4O2S2/c25-19(22-14-15-4-2-12-27-15)16-5-1-7-21-18(16)23-8-10-24(11-9-23)20(26)17-6-3-13-28-17/h1-7,12-13H,8-11,14H2,(H,22,25). The van der Waals surface area contributed by atoms with Gasteiger partial charge in [0.15, 0.2) is 0 Å². The zero-order chi connectivity index (χ0) is 19.3. The molecule has 28 heavy (non-hydrogen) atoms. The molecular weight excluding hydrogens is 392 g/mol. The van der Waals surface area contributed by atoms with Crippen molar-refractivity contribution in [3.63, 3.8) is 0 Å². The number of hydrogen-bond acceptors (Lipinski definition) is 6. The van der Waals surface area contributed by atoms with Crippen LogP contribution in [0.5, 0.6) is 0 Å². The van der Waals surface area contributed by atoms with Crippen LogP contribution in [0.2, 0.25) is 0 Å². The topological polar surface area (TPSA) is 65.5 Å². The van der Waals surface area contributed by atoms with Gasteiger partial charge < -0.3 is 15.1 Å². The van der Waals surface area contributed by atoms with Crippen LogP contribution in [0, 0.1) is 0 Å². The molecule has 0 bridgehead atoms. The maximum absolute atomic E-state index is 12.7. The maximum atomic E-state index is 12.7. The molecule has 0 unspecified atom stereocenters. The Morgan fingerprint density at radius 1 is 1.00 bits per heavy atom. The molecule has 6 nitrogen and oxygen atoms in total. The summed E-state index contributed by atoms with van der Waals surface area (Å²) in [6, 6.07) is 11.3. The number of pyridine rings is 1. The normalized spacial score (nSPS) is 14.1. The maximum Gasteiger partial charge on any atom is 0.264 e. The first-order valence-corrected chi connectivity index (χ1v) is 10.8. The molecule has 0 atom stereocenters. The van der Waals surface area contributed by atoms with Crippen LogP contribution in [-0.2, 0) is 6.54 Å². The van der Waals surface area contributed by atoms with Crippen molar-refractivity contribution in [3.05, 3.63) is 68.7 Å². The number of carbonyl (C=O) groups is 2. The number of aromatic nitrogens is 1. The fourth-order valence-corrected chi connectivity index (χ4v) is 4.51. The van der Waals surface area contributed by atoms with E-state index in [1.54, 1.807) is 29.7 Å². The van der Waals surface area contributed by atoms with Crippen LogP contribution in [0.1, 0.15) is 24.9 Å². The first-order chi connectivity index (χ1) is 13.7. The van der Waals surface area contributed by atoms with Crippen LogP contribution in [-0.4, -0.2) is 47.9 Å². The van der Waals surface area contributed by atoms with Crippen LogP contribution in [0.25, 0.3) is 0 Å². The number of amides is 2. The molecule has 1 saturated heterocycles. The summed E-state index contributed by atoms with van der Waals surface area (Å²) in [6.07, 6.45) is 1.70. The summed E-state index contributed by atoms with van der Waals surface area (Å²) in [5.74, 6) is 0.618. The number of piperazine rings is 1. The Labute approximate surface area is 171 Å². The number of thiophene rings is 2. The van der Waals surface area contributed by atoms with E-state index in [-0.39, 0.29) is 11.8 Å². The summed E-state index contributed by atoms with van der Waals surface area (Å²) in [4.78, 5) is 35.5. The van der Waals surface area contributed by atoms with Gasteiger partial charge in [0, 0.05) is 37.3 Å². The van der Waals surface area contributed by atoms with Gasteiger partial charge >= 0.3 is 0 Å². The minimum absolute atomic E-state index is 0.0737. The van der Waals surface area contributed by atoms with Gasteiger partial charge in [-0.2, -0.15) is 0 Å². The molecule has 1 aliphatic rings. The second-order valence-electron chi connectivity index (χ2n) is 6.39. The van der Waals surface area contributed by atoms with E-state index in [1.807, 2.05) is 39.9 Å². The molecule has 0 saturated carbocycles. The largest absolute Gasteiger partial charge is 0.352 e. The highest BCUT2D eigenvalue weighted by molar-refractivity contribution is 7.12. The van der Waals surface area contributed by atoms with Crippen LogP contribution in [0.4, 0.5) is 5.82 Å². The molecule has 144 valence electrons. The Morgan fingerprint density at radius 3 is 2.50 bits per heavy atom. The lowest BCUT2D eigenvalue weighted by atomic mass is 10.2. The van der Waals surface area contributed by atoms with Crippen molar-refractivity contribution >= 4 is 40.3 Å². The van der Waals surface area contributed by atoms with Crippen LogP contribution in [0.15, 0.2) is 53.4 Å². The van der Waals surface area contributed by atoms with Gasteiger partial charge in [-0.1, -0.05) is 12.1 Å². The molecule has 2 amide bonds. The van der Waals surface area contributed by atoms with E-state index in [4.69, 9.17) is 0 Å². The van der Waals surface area contributed by atoms with E-state index in [2.05, 4.69) is 15.2 Å². The highest BCUT2D eigenvalue weighted by Crippen LogP contribution is 2.21. The molecule has 0 aliphatic carbocycles. The number of anilines is 1. The van der Waals surface area contributed by atoms with E-state index in [0.717, 1.165) is 9.75 Å². The van der Waals surface area contributed by atoms with Crippen molar-refractivity contribution < 1.29 is 9.59 Å². The highest BCUT2D eigenvalue weighted by Gasteiger charge is 2.25. The second-order valence-corrected chi connectivity index (χ2v) is 8.37. The second kappa shape index (κ2) is 8.53. The zero-order valence-corrected chi connectivity index (χ0v) is 16.8. The fraction of sp³-hybridized carbons (Fsp3) is 0.250. The summed E-state index contributed by atoms with van der Waals surface area (Å²) in [5.41, 5.74) is 0.567. The van der Waals surface area contributed by atoms with Crippen molar-refractivity contribution in [2.75, 3.05) is 31.1 Å². The minimum atomic E-state index is -0.131. The van der Waals surface area contributed by atoms with Gasteiger partial charge in [0.05, 0.1) is 17.0 Å². The van der Waals surface area contributed by atoms with E-state index in [9.17, 15) is 9.59 Å². The highest BCUT2D eigenvalue weighted by atomic mass is 32.1. The Hall–Kier alpha value is -2.71. The first kappa shape index (κ1) is 18.6. The Bertz CT molecular complexity index is 933. The lowest BCUT2D eigenvalue weighted by molar-refractivity contribution is 0.0750. The summed E-state index contributed by atoms with van der Waals surface area (Å²) in [5, 5.41) is 6.88. The molecule has 4 rings (SSSR count). The molecule has 1 aliphatic heterocycles. The van der Waals surface area contributed by atoms with Crippen LogP contribution in [0.3, 0.4) is 0 Å². The van der Waals surface area contributed by atoms with E-state index in [1.165, 1.54) is 11.3 Å². The lowest BCUT2D eigenvalue weighted by Gasteiger charge is -2.35. The molecular formula is C20H20N4O2S2. The van der Waals surface area contributed by atoms with E-state index in [0.29, 0.717) is 44.1 Å². The molecule has 0 aromatic carbocycles. The fourth-order valence-electron chi connectivity index (χ4n) is 3.18. The molecule has 1 N–H and O–H groups in total. The SMILES string of the molecule is O=C(NCc1cccs1)c1cccnc1N1CCN(C(=O)c2cccs2)CC1. The van der Waals surface area contributed by atoms with Gasteiger partial charge in [-0.3, -0.25) is 9.59 Å². The predicted molar refractivity (Wildman–Crippen MR) is 112 cm³/mol. The molecule has 3 aromatic rings. The first-order valence-electron chi connectivity index (χ1n) is 9.05. The summed E-state index contributed by atoms with van der Waals surface area (Å²) in [6.45, 7) is 3.04. The average Bonchev–Trinajstić information content (AvgIpc) is 3.46. The number of rotatable bonds is 5. The van der Waals surface area contributed by atoms with Crippen molar-refractivity contribution in [2.45, 2.75) is 6.54 Å². The molecule has 8 heteroatoms. The predicted octanol–water partition coefficient (Wildman–Crippen LogP) is 3.10. The monoisotopic (exact) mass is 412 g/mol. The third-order valence-electron chi connectivity index (χ3n) is 4.63. The van der Waals surface area contributed by atoms with Crippen molar-refractivity contribution in [3.8, 4) is 0 Å². The molecule has 0 spiro atoms. The van der Waals surface area contributed by atoms with E-state index >= 15 is 0 Å². The summed E-state index contributed by atoms with van der Waals surface area (Å²) in [7, 11) is 0. The van der Waals surface area contributed by atoms with Gasteiger partial charge in [-0.15, -0.1) is 22.7 Å². The number of hydrogen-bond donors (Lipinski definition) is 1. The lowest BCUT2D eigenvalue weighted by Crippen LogP contribution is -2.49. The number of carbonyl (C=O) groups excluding carboxylic acids is 2. The van der Waals surface area contributed by atoms with Crippen molar-refractivity contribution in [1.82, 2.24) is 15.2 Å².